The Kier molecular flexibility index (Phi) is 6.08. The summed E-state index contributed by atoms with van der Waals surface area (Å²) >= 11 is 0. The summed E-state index contributed by atoms with van der Waals surface area (Å²) in [7, 11) is -1.34. The third-order valence-corrected chi connectivity index (χ3v) is 7.07. The zero-order valence-electron chi connectivity index (χ0n) is 19.1. The van der Waals surface area contributed by atoms with Crippen LogP contribution < -0.4 is 5.14 Å². The van der Waals surface area contributed by atoms with Crippen molar-refractivity contribution in [1.82, 2.24) is 10.1 Å². The van der Waals surface area contributed by atoms with Gasteiger partial charge in [0.25, 0.3) is 0 Å². The van der Waals surface area contributed by atoms with Crippen molar-refractivity contribution in [3.8, 4) is 0 Å². The van der Waals surface area contributed by atoms with Crippen molar-refractivity contribution in [2.24, 2.45) is 5.14 Å². The molecule has 6 nitrogen and oxygen atoms in total. The van der Waals surface area contributed by atoms with E-state index >= 15 is 0 Å². The Bertz CT molecular complexity index is 1490. The van der Waals surface area contributed by atoms with Crippen molar-refractivity contribution in [1.29, 1.82) is 0 Å². The molecule has 2 aliphatic rings. The van der Waals surface area contributed by atoms with Gasteiger partial charge in [-0.05, 0) is 65.4 Å². The topological polar surface area (TPSA) is 89.4 Å². The summed E-state index contributed by atoms with van der Waals surface area (Å²) in [6.07, 6.45) is 2.22. The summed E-state index contributed by atoms with van der Waals surface area (Å²) in [5.41, 5.74) is 9.92. The number of hydrogen-bond donors (Lipinski definition) is 1. The number of aromatic nitrogens is 1. The summed E-state index contributed by atoms with van der Waals surface area (Å²) < 4.78 is 26.6. The fourth-order valence-electron chi connectivity index (χ4n) is 4.82. The van der Waals surface area contributed by atoms with E-state index in [0.717, 1.165) is 25.9 Å². The number of primary sulfonamides is 1. The van der Waals surface area contributed by atoms with Gasteiger partial charge in [-0.15, -0.1) is 0 Å². The molecule has 1 aromatic heterocycles. The minimum absolute atomic E-state index is 0.302. The van der Waals surface area contributed by atoms with Crippen LogP contribution in [0, 0.1) is 0 Å². The van der Waals surface area contributed by atoms with E-state index in [1.807, 2.05) is 0 Å². The second-order valence-corrected chi connectivity index (χ2v) is 10.5. The van der Waals surface area contributed by atoms with E-state index in [4.69, 9.17) is 9.66 Å². The van der Waals surface area contributed by atoms with Gasteiger partial charge in [-0.2, -0.15) is 0 Å². The average Bonchev–Trinajstić information content (AvgIpc) is 3.15. The van der Waals surface area contributed by atoms with Gasteiger partial charge in [0.1, 0.15) is 11.4 Å². The van der Waals surface area contributed by atoms with Gasteiger partial charge in [-0.1, -0.05) is 65.8 Å². The van der Waals surface area contributed by atoms with Crippen LogP contribution in [0.25, 0.3) is 22.1 Å². The molecule has 0 unspecified atom stereocenters. The molecule has 1 aliphatic heterocycles. The lowest BCUT2D eigenvalue weighted by atomic mass is 9.89. The lowest BCUT2D eigenvalue weighted by Gasteiger charge is -2.28. The second kappa shape index (κ2) is 9.18. The van der Waals surface area contributed by atoms with Crippen LogP contribution in [0.2, 0.25) is 0 Å². The molecule has 0 bridgehead atoms. The highest BCUT2D eigenvalue weighted by atomic mass is 32.2. The second-order valence-electron chi connectivity index (χ2n) is 8.87. The third-order valence-electron chi connectivity index (χ3n) is 6.39. The number of likely N-dealkylation sites (N-methyl/N-ethyl adjacent to an activating group) is 1. The van der Waals surface area contributed by atoms with Crippen LogP contribution in [-0.4, -0.2) is 38.6 Å². The van der Waals surface area contributed by atoms with Gasteiger partial charge < -0.3 is 9.42 Å². The molecule has 4 aromatic rings. The van der Waals surface area contributed by atoms with Gasteiger partial charge in [0.2, 0.25) is 10.0 Å². The first kappa shape index (κ1) is 22.5. The SMILES string of the molecule is CN1CCC2=C(C1)c1ccccc1Cc1ccccc12.NS(=O)(=O)Cc1noc2ccccc12. The van der Waals surface area contributed by atoms with E-state index in [9.17, 15) is 8.42 Å². The molecule has 0 atom stereocenters. The maximum absolute atomic E-state index is 10.8. The van der Waals surface area contributed by atoms with Crippen molar-refractivity contribution < 1.29 is 12.9 Å². The molecule has 3 aromatic carbocycles. The molecule has 0 saturated heterocycles. The van der Waals surface area contributed by atoms with Gasteiger partial charge in [0.15, 0.2) is 5.58 Å². The highest BCUT2D eigenvalue weighted by molar-refractivity contribution is 7.88. The summed E-state index contributed by atoms with van der Waals surface area (Å²) in [5, 5.41) is 9.24. The molecule has 174 valence electrons. The first-order chi connectivity index (χ1) is 16.4. The van der Waals surface area contributed by atoms with Gasteiger partial charge in [-0.3, -0.25) is 0 Å². The quantitative estimate of drug-likeness (QED) is 0.464. The fraction of sp³-hybridized carbons (Fsp3) is 0.222. The highest BCUT2D eigenvalue weighted by Crippen LogP contribution is 2.39. The van der Waals surface area contributed by atoms with Crippen LogP contribution in [0.15, 0.2) is 77.3 Å². The van der Waals surface area contributed by atoms with Crippen molar-refractivity contribution in [2.45, 2.75) is 18.6 Å². The minimum atomic E-state index is -3.56. The molecule has 0 radical (unpaired) electrons. The van der Waals surface area contributed by atoms with Gasteiger partial charge in [-0.25, -0.2) is 13.6 Å². The molecule has 0 spiro atoms. The van der Waals surface area contributed by atoms with Crippen molar-refractivity contribution in [3.05, 3.63) is 101 Å². The molecule has 0 fully saturated rings. The van der Waals surface area contributed by atoms with Crippen molar-refractivity contribution in [2.75, 3.05) is 20.1 Å². The summed E-state index contributed by atoms with van der Waals surface area (Å²) in [6.45, 7) is 2.23. The van der Waals surface area contributed by atoms with E-state index in [1.54, 1.807) is 35.4 Å². The number of fused-ring (bicyclic) bond motifs is 5. The van der Waals surface area contributed by atoms with E-state index < -0.39 is 10.0 Å². The van der Waals surface area contributed by atoms with Crippen LogP contribution in [-0.2, 0) is 22.2 Å². The van der Waals surface area contributed by atoms with Gasteiger partial charge >= 0.3 is 0 Å². The van der Waals surface area contributed by atoms with Crippen LogP contribution in [0.3, 0.4) is 0 Å². The van der Waals surface area contributed by atoms with E-state index in [2.05, 4.69) is 65.6 Å². The van der Waals surface area contributed by atoms with Crippen molar-refractivity contribution >= 4 is 32.1 Å². The monoisotopic (exact) mass is 473 g/mol. The Morgan fingerprint density at radius 1 is 0.912 bits per heavy atom. The van der Waals surface area contributed by atoms with Crippen LogP contribution in [0.1, 0.15) is 34.4 Å². The number of sulfonamides is 1. The molecular formula is C27H27N3O3S. The summed E-state index contributed by atoms with van der Waals surface area (Å²) in [6, 6.07) is 24.9. The largest absolute Gasteiger partial charge is 0.356 e. The average molecular weight is 474 g/mol. The Labute approximate surface area is 199 Å². The zero-order valence-corrected chi connectivity index (χ0v) is 19.9. The number of nitrogens with zero attached hydrogens (tertiary/aromatic N) is 2. The molecule has 0 saturated carbocycles. The number of nitrogens with two attached hydrogens (primary N) is 1. The van der Waals surface area contributed by atoms with E-state index in [1.165, 1.54) is 22.3 Å². The predicted molar refractivity (Wildman–Crippen MR) is 135 cm³/mol. The molecule has 6 rings (SSSR count). The standard InChI is InChI=1S/C19H19N.C8H8N2O3S/c1-20-11-10-18-16-8-4-2-6-14(16)12-15-7-3-5-9-17(15)19(18)13-20;9-14(11,12)5-7-6-3-1-2-4-8(6)13-10-7/h2-9H,10-13H2,1H3;1-4H,5H2,(H2,9,11,12). The Balaban J connectivity index is 0.000000152. The molecule has 0 amide bonds. The molecule has 7 heteroatoms. The summed E-state index contributed by atoms with van der Waals surface area (Å²) in [4.78, 5) is 2.43. The van der Waals surface area contributed by atoms with Crippen molar-refractivity contribution in [3.63, 3.8) is 0 Å². The maximum Gasteiger partial charge on any atom is 0.214 e. The normalized spacial score (nSPS) is 15.6. The molecule has 2 heterocycles. The highest BCUT2D eigenvalue weighted by Gasteiger charge is 2.24. The third kappa shape index (κ3) is 4.68. The first-order valence-electron chi connectivity index (χ1n) is 11.3. The van der Waals surface area contributed by atoms with E-state index in [0.29, 0.717) is 16.7 Å². The Morgan fingerprint density at radius 3 is 2.24 bits per heavy atom. The van der Waals surface area contributed by atoms with Crippen LogP contribution in [0.4, 0.5) is 0 Å². The number of benzene rings is 3. The fourth-order valence-corrected chi connectivity index (χ4v) is 5.41. The molecular weight excluding hydrogens is 446 g/mol. The molecule has 2 N–H and O–H groups in total. The lowest BCUT2D eigenvalue weighted by molar-refractivity contribution is 0.376. The Hall–Kier alpha value is -3.26. The number of hydrogen-bond acceptors (Lipinski definition) is 5. The minimum Gasteiger partial charge on any atom is -0.356 e. The summed E-state index contributed by atoms with van der Waals surface area (Å²) in [5.74, 6) is -0.302. The lowest BCUT2D eigenvalue weighted by Crippen LogP contribution is -2.27. The Morgan fingerprint density at radius 2 is 1.53 bits per heavy atom. The van der Waals surface area contributed by atoms with E-state index in [-0.39, 0.29) is 5.75 Å². The molecule has 1 aliphatic carbocycles. The van der Waals surface area contributed by atoms with Gasteiger partial charge in [0.05, 0.1) is 0 Å². The van der Waals surface area contributed by atoms with Crippen LogP contribution >= 0.6 is 0 Å². The smallest absolute Gasteiger partial charge is 0.214 e. The maximum atomic E-state index is 10.8. The zero-order chi connectivity index (χ0) is 23.7. The molecule has 34 heavy (non-hydrogen) atoms. The van der Waals surface area contributed by atoms with Gasteiger partial charge in [0, 0.05) is 18.5 Å². The number of para-hydroxylation sites is 1. The first-order valence-corrected chi connectivity index (χ1v) is 13.0. The number of rotatable bonds is 2. The van der Waals surface area contributed by atoms with Crippen LogP contribution in [0.5, 0.6) is 0 Å². The predicted octanol–water partition coefficient (Wildman–Crippen LogP) is 4.45.